The molecule has 0 atom stereocenters. The highest BCUT2D eigenvalue weighted by molar-refractivity contribution is 14.0. The van der Waals surface area contributed by atoms with Gasteiger partial charge in [0.2, 0.25) is 0 Å². The number of rotatable bonds is 3. The Bertz CT molecular complexity index is 427. The van der Waals surface area contributed by atoms with Gasteiger partial charge in [-0.1, -0.05) is 12.1 Å². The van der Waals surface area contributed by atoms with Crippen LogP contribution in [0.5, 0.6) is 0 Å². The van der Waals surface area contributed by atoms with E-state index in [1.165, 1.54) is 11.3 Å². The number of anilines is 1. The van der Waals surface area contributed by atoms with Crippen molar-refractivity contribution < 1.29 is 4.74 Å². The van der Waals surface area contributed by atoms with Gasteiger partial charge in [-0.25, -0.2) is 4.99 Å². The molecule has 20 heavy (non-hydrogen) atoms. The molecule has 1 aromatic carbocycles. The van der Waals surface area contributed by atoms with Crippen LogP contribution in [0.4, 0.5) is 5.69 Å². The fourth-order valence-corrected chi connectivity index (χ4v) is 1.96. The third-order valence-corrected chi connectivity index (χ3v) is 3.21. The van der Waals surface area contributed by atoms with Gasteiger partial charge in [-0.05, 0) is 17.7 Å². The second-order valence-corrected chi connectivity index (χ2v) is 4.83. The summed E-state index contributed by atoms with van der Waals surface area (Å²) < 4.78 is 5.29. The van der Waals surface area contributed by atoms with Crippen LogP contribution in [-0.4, -0.2) is 51.3 Å². The van der Waals surface area contributed by atoms with Gasteiger partial charge in [0.1, 0.15) is 0 Å². The van der Waals surface area contributed by atoms with Crippen molar-refractivity contribution >= 4 is 35.6 Å². The Kier molecular flexibility index (Phi) is 7.08. The van der Waals surface area contributed by atoms with E-state index in [2.05, 4.69) is 39.1 Å². The summed E-state index contributed by atoms with van der Waals surface area (Å²) in [7, 11) is 4.06. The summed E-state index contributed by atoms with van der Waals surface area (Å²) in [5.74, 6) is 0.611. The molecule has 0 spiro atoms. The average molecular weight is 390 g/mol. The van der Waals surface area contributed by atoms with Crippen LogP contribution < -0.4 is 10.6 Å². The topological polar surface area (TPSA) is 54.1 Å². The fourth-order valence-electron chi connectivity index (χ4n) is 1.96. The van der Waals surface area contributed by atoms with E-state index in [0.717, 1.165) is 26.3 Å². The average Bonchev–Trinajstić information content (AvgIpc) is 2.46. The molecule has 1 aliphatic heterocycles. The largest absolute Gasteiger partial charge is 0.378 e. The van der Waals surface area contributed by atoms with Crippen LogP contribution in [0.1, 0.15) is 5.56 Å². The Morgan fingerprint density at radius 1 is 1.25 bits per heavy atom. The number of nitrogens with zero attached hydrogens (tertiary/aromatic N) is 3. The first kappa shape index (κ1) is 17.0. The number of guanidine groups is 1. The zero-order valence-electron chi connectivity index (χ0n) is 12.1. The van der Waals surface area contributed by atoms with E-state index in [9.17, 15) is 0 Å². The third-order valence-electron chi connectivity index (χ3n) is 3.21. The summed E-state index contributed by atoms with van der Waals surface area (Å²) in [4.78, 5) is 8.59. The van der Waals surface area contributed by atoms with Crippen LogP contribution in [0.2, 0.25) is 0 Å². The number of halogens is 1. The summed E-state index contributed by atoms with van der Waals surface area (Å²) in [6.45, 7) is 3.74. The van der Waals surface area contributed by atoms with Crippen LogP contribution in [0.15, 0.2) is 29.3 Å². The molecule has 0 unspecified atom stereocenters. The molecule has 2 N–H and O–H groups in total. The smallest absolute Gasteiger partial charge is 0.191 e. The molecular weight excluding hydrogens is 367 g/mol. The Morgan fingerprint density at radius 2 is 1.85 bits per heavy atom. The third kappa shape index (κ3) is 4.82. The molecule has 0 aromatic heterocycles. The predicted octanol–water partition coefficient (Wildman–Crippen LogP) is 1.52. The molecule has 0 bridgehead atoms. The van der Waals surface area contributed by atoms with E-state index in [1.54, 1.807) is 0 Å². The van der Waals surface area contributed by atoms with Crippen molar-refractivity contribution in [3.8, 4) is 0 Å². The van der Waals surface area contributed by atoms with Gasteiger partial charge in [-0.15, -0.1) is 24.0 Å². The normalized spacial score (nSPS) is 15.7. The molecule has 0 aliphatic carbocycles. The molecule has 2 rings (SSSR count). The van der Waals surface area contributed by atoms with E-state index >= 15 is 0 Å². The molecule has 1 aromatic rings. The van der Waals surface area contributed by atoms with Gasteiger partial charge in [0.05, 0.1) is 19.8 Å². The summed E-state index contributed by atoms with van der Waals surface area (Å²) in [5.41, 5.74) is 8.34. The molecule has 0 amide bonds. The van der Waals surface area contributed by atoms with Gasteiger partial charge in [0.15, 0.2) is 5.96 Å². The first-order valence-electron chi connectivity index (χ1n) is 6.55. The Hall–Kier alpha value is -1.02. The molecular formula is C14H23IN4O. The fraction of sp³-hybridized carbons (Fsp3) is 0.500. The zero-order chi connectivity index (χ0) is 13.7. The number of aliphatic imine (C=N–C) groups is 1. The molecule has 1 aliphatic rings. The van der Waals surface area contributed by atoms with Crippen molar-refractivity contribution in [1.29, 1.82) is 0 Å². The highest BCUT2D eigenvalue weighted by atomic mass is 127. The Balaban J connectivity index is 0.00000200. The number of hydrogen-bond acceptors (Lipinski definition) is 3. The summed E-state index contributed by atoms with van der Waals surface area (Å²) in [5, 5.41) is 0. The van der Waals surface area contributed by atoms with Crippen molar-refractivity contribution in [2.45, 2.75) is 6.54 Å². The highest BCUT2D eigenvalue weighted by Gasteiger charge is 2.11. The zero-order valence-corrected chi connectivity index (χ0v) is 14.4. The van der Waals surface area contributed by atoms with Gasteiger partial charge in [0, 0.05) is 32.9 Å². The maximum Gasteiger partial charge on any atom is 0.191 e. The summed E-state index contributed by atoms with van der Waals surface area (Å²) in [6, 6.07) is 8.36. The van der Waals surface area contributed by atoms with Crippen molar-refractivity contribution in [2.75, 3.05) is 45.3 Å². The first-order valence-corrected chi connectivity index (χ1v) is 6.55. The van der Waals surface area contributed by atoms with Crippen molar-refractivity contribution in [1.82, 2.24) is 4.90 Å². The SMILES string of the molecule is CN(C)c1ccc(CN=C(N)N2CCOCC2)cc1.I. The minimum Gasteiger partial charge on any atom is -0.378 e. The molecule has 1 saturated heterocycles. The van der Waals surface area contributed by atoms with Gasteiger partial charge >= 0.3 is 0 Å². The molecule has 112 valence electrons. The van der Waals surface area contributed by atoms with E-state index < -0.39 is 0 Å². The van der Waals surface area contributed by atoms with E-state index in [1.807, 2.05) is 14.1 Å². The van der Waals surface area contributed by atoms with Gasteiger partial charge < -0.3 is 20.3 Å². The lowest BCUT2D eigenvalue weighted by atomic mass is 10.2. The number of ether oxygens (including phenoxy) is 1. The van der Waals surface area contributed by atoms with Crippen molar-refractivity contribution in [3.05, 3.63) is 29.8 Å². The van der Waals surface area contributed by atoms with Crippen molar-refractivity contribution in [3.63, 3.8) is 0 Å². The van der Waals surface area contributed by atoms with Crippen molar-refractivity contribution in [2.24, 2.45) is 10.7 Å². The molecule has 0 radical (unpaired) electrons. The second kappa shape index (κ2) is 8.31. The molecule has 1 heterocycles. The minimum absolute atomic E-state index is 0. The lowest BCUT2D eigenvalue weighted by Crippen LogP contribution is -2.44. The summed E-state index contributed by atoms with van der Waals surface area (Å²) >= 11 is 0. The monoisotopic (exact) mass is 390 g/mol. The van der Waals surface area contributed by atoms with Gasteiger partial charge in [-0.3, -0.25) is 0 Å². The lowest BCUT2D eigenvalue weighted by Gasteiger charge is -2.27. The molecule has 0 saturated carbocycles. The van der Waals surface area contributed by atoms with Gasteiger partial charge in [-0.2, -0.15) is 0 Å². The first-order chi connectivity index (χ1) is 9.16. The predicted molar refractivity (Wildman–Crippen MR) is 93.9 cm³/mol. The standard InChI is InChI=1S/C14H22N4O.HI/c1-17(2)13-5-3-12(4-6-13)11-16-14(15)18-7-9-19-10-8-18;/h3-6H,7-11H2,1-2H3,(H2,15,16);1H. The van der Waals surface area contributed by atoms with Crippen LogP contribution in [0.3, 0.4) is 0 Å². The van der Waals surface area contributed by atoms with Gasteiger partial charge in [0.25, 0.3) is 0 Å². The van der Waals surface area contributed by atoms with E-state index in [-0.39, 0.29) is 24.0 Å². The number of morpholine rings is 1. The molecule has 1 fully saturated rings. The molecule has 6 heteroatoms. The van der Waals surface area contributed by atoms with Crippen LogP contribution in [0.25, 0.3) is 0 Å². The second-order valence-electron chi connectivity index (χ2n) is 4.83. The number of hydrogen-bond donors (Lipinski definition) is 1. The Morgan fingerprint density at radius 3 is 2.40 bits per heavy atom. The number of nitrogens with two attached hydrogens (primary N) is 1. The Labute approximate surface area is 137 Å². The van der Waals surface area contributed by atoms with Crippen LogP contribution in [-0.2, 0) is 11.3 Å². The lowest BCUT2D eigenvalue weighted by molar-refractivity contribution is 0.0674. The van der Waals surface area contributed by atoms with E-state index in [0.29, 0.717) is 12.5 Å². The van der Waals surface area contributed by atoms with Crippen LogP contribution in [0, 0.1) is 0 Å². The van der Waals surface area contributed by atoms with E-state index in [4.69, 9.17) is 10.5 Å². The quantitative estimate of drug-likeness (QED) is 0.483. The molecule has 5 nitrogen and oxygen atoms in total. The minimum atomic E-state index is 0. The maximum atomic E-state index is 5.99. The van der Waals surface area contributed by atoms with Crippen LogP contribution >= 0.6 is 24.0 Å². The number of benzene rings is 1. The highest BCUT2D eigenvalue weighted by Crippen LogP contribution is 2.12. The summed E-state index contributed by atoms with van der Waals surface area (Å²) in [6.07, 6.45) is 0. The maximum absolute atomic E-state index is 5.99.